The Morgan fingerprint density at radius 2 is 1.02 bits per heavy atom. The van der Waals surface area contributed by atoms with Gasteiger partial charge in [-0.3, -0.25) is 0 Å². The molecule has 0 fully saturated rings. The first-order valence-corrected chi connectivity index (χ1v) is 15.2. The summed E-state index contributed by atoms with van der Waals surface area (Å²) in [7, 11) is 0. The number of fused-ring (bicyclic) bond motifs is 6. The Morgan fingerprint density at radius 1 is 0.462 bits per heavy atom. The molecule has 0 amide bonds. The van der Waals surface area contributed by atoms with E-state index in [0.29, 0.717) is 4.90 Å². The molecule has 8 aromatic carbocycles. The lowest BCUT2D eigenvalue weighted by molar-refractivity contribution is 0.667. The van der Waals surface area contributed by atoms with E-state index < -0.39 is 283 Å². The predicted octanol–water partition coefficient (Wildman–Crippen LogP) is 13.7. The number of rotatable bonds is 6. The standard InChI is InChI=1S/C50H35NO/c1-50(46-18-10-8-16-42(46)43-17-9-11-19-47(43)50)38-24-31-48-45(32-38)44-30-29-41(33-49(44)52-48)51(39-25-20-36(21-26-39)34-12-4-2-5-13-34)40-27-22-37(23-28-40)35-14-6-3-7-15-35/h2-33H,1H3/i1D3,2D,3D,4D,5D,6D,7D,8D,9D,10D,11D,12D,13D,14D,15D,16D,17D,18D,19D,20D,21D,22D,23D,24D,25D,26D,27D,30D,31D,32D,33D. The van der Waals surface area contributed by atoms with Crippen molar-refractivity contribution in [1.82, 2.24) is 0 Å². The minimum absolute atomic E-state index is 0.574. The van der Waals surface area contributed by atoms with Gasteiger partial charge in [-0.15, -0.1) is 0 Å². The van der Waals surface area contributed by atoms with Crippen LogP contribution in [0, 0.1) is 0 Å². The molecular formula is C50H35NO. The van der Waals surface area contributed by atoms with Crippen LogP contribution in [-0.2, 0) is 5.41 Å². The first-order chi connectivity index (χ1) is 39.4. The Morgan fingerprint density at radius 3 is 1.67 bits per heavy atom. The first kappa shape index (κ1) is 11.7. The normalized spacial score (nSPS) is 22.0. The lowest BCUT2D eigenvalue weighted by Gasteiger charge is -2.28. The summed E-state index contributed by atoms with van der Waals surface area (Å²) in [4.78, 5) is 0.574. The summed E-state index contributed by atoms with van der Waals surface area (Å²) >= 11 is 0. The van der Waals surface area contributed by atoms with Gasteiger partial charge in [0.05, 0.1) is 41.1 Å². The van der Waals surface area contributed by atoms with Crippen molar-refractivity contribution >= 4 is 39.0 Å². The molecule has 1 aliphatic rings. The summed E-state index contributed by atoms with van der Waals surface area (Å²) in [5.74, 6) is 0. The Balaban J connectivity index is 1.35. The van der Waals surface area contributed by atoms with E-state index in [1.54, 1.807) is 0 Å². The molecule has 1 heterocycles. The van der Waals surface area contributed by atoms with E-state index >= 15 is 0 Å². The fourth-order valence-corrected chi connectivity index (χ4v) is 5.94. The van der Waals surface area contributed by atoms with Crippen LogP contribution in [0.4, 0.5) is 17.1 Å². The van der Waals surface area contributed by atoms with Crippen molar-refractivity contribution in [1.29, 1.82) is 0 Å². The molecular weight excluding hydrogens is 631 g/mol. The number of hydrogen-bond acceptors (Lipinski definition) is 2. The molecule has 1 aromatic heterocycles. The van der Waals surface area contributed by atoms with Gasteiger partial charge in [-0.2, -0.15) is 0 Å². The molecule has 0 unspecified atom stereocenters. The third-order valence-corrected chi connectivity index (χ3v) is 8.29. The quantitative estimate of drug-likeness (QED) is 0.172. The van der Waals surface area contributed by atoms with Crippen LogP contribution in [0.3, 0.4) is 0 Å². The molecule has 0 saturated carbocycles. The summed E-state index contributed by atoms with van der Waals surface area (Å²) in [5.41, 5.74) is -15.0. The fourth-order valence-electron chi connectivity index (χ4n) is 5.94. The maximum Gasteiger partial charge on any atom is 0.137 e. The molecule has 52 heavy (non-hydrogen) atoms. The molecule has 2 nitrogen and oxygen atoms in total. The molecule has 0 saturated heterocycles. The van der Waals surface area contributed by atoms with Gasteiger partial charge in [-0.1, -0.05) is 139 Å². The van der Waals surface area contributed by atoms with E-state index in [0.717, 1.165) is 12.1 Å². The van der Waals surface area contributed by atoms with E-state index in [2.05, 4.69) is 0 Å². The minimum atomic E-state index is -3.79. The SMILES string of the molecule is [2H]c1cc(N(c2cc([2H])c3c(oc4c([2H])c([2H])c(C5(C([2H])([2H])[2H])c6c([2H])c([2H])c([2H])c([2H])c6-c6c([2H])c([2H])c([2H])c([2H])c65)c([2H])c43)c2[2H])c2c([2H])c([2H])c(-c3c([2H])c([2H])c([2H])c([2H])c3[2H])c([2H])c2[2H])c([2H])c([2H])c1-c1c([2H])c([2H])c([2H])c([2H])c1[2H]. The van der Waals surface area contributed by atoms with E-state index in [9.17, 15) is 23.3 Å². The van der Waals surface area contributed by atoms with Gasteiger partial charge in [0.25, 0.3) is 0 Å². The zero-order chi connectivity index (χ0) is 63.3. The van der Waals surface area contributed by atoms with Gasteiger partial charge >= 0.3 is 0 Å². The van der Waals surface area contributed by atoms with Crippen LogP contribution in [0.5, 0.6) is 0 Å². The maximum absolute atomic E-state index is 9.91. The molecule has 1 aliphatic carbocycles. The third kappa shape index (κ3) is 4.80. The Bertz CT molecular complexity index is 4440. The highest BCUT2D eigenvalue weighted by Gasteiger charge is 2.40. The number of hydrogen-bond donors (Lipinski definition) is 0. The summed E-state index contributed by atoms with van der Waals surface area (Å²) < 4.78 is 302. The van der Waals surface area contributed by atoms with Gasteiger partial charge in [-0.25, -0.2) is 0 Å². The molecule has 0 spiro atoms. The Hall–Kier alpha value is -6.64. The van der Waals surface area contributed by atoms with Crippen molar-refractivity contribution in [3.05, 3.63) is 210 Å². The van der Waals surface area contributed by atoms with Gasteiger partial charge in [0.1, 0.15) is 11.2 Å². The summed E-state index contributed by atoms with van der Waals surface area (Å²) in [5, 5.41) is -1.37. The number of nitrogens with zero attached hydrogens (tertiary/aromatic N) is 1. The van der Waals surface area contributed by atoms with Crippen molar-refractivity contribution in [2.75, 3.05) is 4.90 Å². The molecule has 0 atom stereocenters. The van der Waals surface area contributed by atoms with Crippen LogP contribution < -0.4 is 4.90 Å². The highest BCUT2D eigenvalue weighted by molar-refractivity contribution is 6.06. The highest BCUT2D eigenvalue weighted by Crippen LogP contribution is 2.53. The Labute approximate surface area is 350 Å². The summed E-state index contributed by atoms with van der Waals surface area (Å²) in [6.07, 6.45) is 0. The van der Waals surface area contributed by atoms with Crippen LogP contribution in [0.1, 0.15) is 68.8 Å². The maximum atomic E-state index is 9.91. The zero-order valence-electron chi connectivity index (χ0n) is 59.0. The van der Waals surface area contributed by atoms with Crippen LogP contribution >= 0.6 is 0 Å². The number of benzene rings is 8. The van der Waals surface area contributed by atoms with Gasteiger partial charge in [0.2, 0.25) is 0 Å². The van der Waals surface area contributed by atoms with Crippen LogP contribution in [-0.4, -0.2) is 0 Å². The number of furan rings is 1. The fraction of sp³-hybridized carbons (Fsp3) is 0.0400. The number of anilines is 3. The van der Waals surface area contributed by atoms with Crippen molar-refractivity contribution in [3.63, 3.8) is 0 Å². The van der Waals surface area contributed by atoms with E-state index in [1.807, 2.05) is 0 Å². The van der Waals surface area contributed by atoms with Crippen molar-refractivity contribution in [3.8, 4) is 33.4 Å². The lowest BCUT2D eigenvalue weighted by atomic mass is 9.74. The second-order valence-electron chi connectivity index (χ2n) is 11.2. The van der Waals surface area contributed by atoms with Crippen LogP contribution in [0.15, 0.2) is 198 Å². The van der Waals surface area contributed by atoms with Crippen LogP contribution in [0.25, 0.3) is 55.3 Å². The van der Waals surface area contributed by atoms with Crippen molar-refractivity contribution < 1.29 is 49.7 Å². The molecule has 10 rings (SSSR count). The average molecular weight is 699 g/mol. The van der Waals surface area contributed by atoms with E-state index in [-0.39, 0.29) is 0 Å². The van der Waals surface area contributed by atoms with Gasteiger partial charge < -0.3 is 9.32 Å². The van der Waals surface area contributed by atoms with Crippen LogP contribution in [0.2, 0.25) is 0 Å². The smallest absolute Gasteiger partial charge is 0.137 e. The zero-order valence-corrected chi connectivity index (χ0v) is 26.0. The molecule has 246 valence electrons. The largest absolute Gasteiger partial charge is 0.456 e. The summed E-state index contributed by atoms with van der Waals surface area (Å²) in [6, 6.07) is -28.6. The highest BCUT2D eigenvalue weighted by atomic mass is 16.3. The summed E-state index contributed by atoms with van der Waals surface area (Å²) in [6.45, 7) is -3.79. The molecule has 0 radical (unpaired) electrons. The Kier molecular flexibility index (Phi) is 2.70. The topological polar surface area (TPSA) is 16.4 Å². The molecule has 0 N–H and O–H groups in total. The lowest BCUT2D eigenvalue weighted by Crippen LogP contribution is -2.22. The molecule has 0 aliphatic heterocycles. The molecule has 2 heteroatoms. The predicted molar refractivity (Wildman–Crippen MR) is 217 cm³/mol. The first-order valence-electron chi connectivity index (χ1n) is 31.7. The van der Waals surface area contributed by atoms with Gasteiger partial charge in [0.15, 0.2) is 0 Å². The van der Waals surface area contributed by atoms with E-state index in [4.69, 9.17) is 26.3 Å². The third-order valence-electron chi connectivity index (χ3n) is 8.29. The molecule has 9 aromatic rings. The van der Waals surface area contributed by atoms with Crippen molar-refractivity contribution in [2.24, 2.45) is 0 Å². The average Bonchev–Trinajstić information content (AvgIpc) is 1.54. The molecule has 0 bridgehead atoms. The minimum Gasteiger partial charge on any atom is -0.456 e. The second-order valence-corrected chi connectivity index (χ2v) is 11.2. The van der Waals surface area contributed by atoms with Gasteiger partial charge in [0, 0.05) is 43.4 Å². The van der Waals surface area contributed by atoms with Crippen molar-refractivity contribution in [2.45, 2.75) is 12.3 Å². The monoisotopic (exact) mass is 698 g/mol. The second kappa shape index (κ2) is 12.0. The van der Waals surface area contributed by atoms with Gasteiger partial charge in [-0.05, 0) is 105 Å². The van der Waals surface area contributed by atoms with E-state index in [1.165, 1.54) is 0 Å².